The number of hydrogen-bond donors (Lipinski definition) is 0. The lowest BCUT2D eigenvalue weighted by atomic mass is 9.98. The van der Waals surface area contributed by atoms with Crippen LogP contribution in [-0.2, 0) is 4.74 Å². The highest BCUT2D eigenvalue weighted by Crippen LogP contribution is 2.29. The molecule has 0 atom stereocenters. The van der Waals surface area contributed by atoms with Crippen LogP contribution in [0, 0.1) is 17.0 Å². The highest BCUT2D eigenvalue weighted by Gasteiger charge is 2.29. The van der Waals surface area contributed by atoms with Gasteiger partial charge < -0.3 is 4.74 Å². The second-order valence-corrected chi connectivity index (χ2v) is 4.70. The van der Waals surface area contributed by atoms with E-state index >= 15 is 0 Å². The molecule has 1 aliphatic rings. The molecule has 0 aliphatic carbocycles. The Balaban J connectivity index is 2.08. The molecule has 21 heavy (non-hydrogen) atoms. The average Bonchev–Trinajstić information content (AvgIpc) is 2.73. The van der Waals surface area contributed by atoms with Gasteiger partial charge in [-0.05, 0) is 42.3 Å². The summed E-state index contributed by atoms with van der Waals surface area (Å²) in [6.07, 6.45) is 0. The normalized spacial score (nSPS) is 13.0. The van der Waals surface area contributed by atoms with Crippen LogP contribution >= 0.6 is 0 Å². The molecule has 0 radical (unpaired) electrons. The van der Waals surface area contributed by atoms with Crippen molar-refractivity contribution >= 4 is 17.6 Å². The number of nitrogens with zero attached hydrogens (tertiary/aromatic N) is 1. The van der Waals surface area contributed by atoms with Crippen molar-refractivity contribution in [2.24, 2.45) is 0 Å². The summed E-state index contributed by atoms with van der Waals surface area (Å²) in [5.74, 6) is -1.32. The fraction of sp³-hybridized carbons (Fsp3) is 0.0667. The summed E-state index contributed by atoms with van der Waals surface area (Å²) in [6, 6.07) is 9.45. The number of esters is 2. The zero-order chi connectivity index (χ0) is 15.1. The third kappa shape index (κ3) is 2.06. The number of hydrogen-bond acceptors (Lipinski definition) is 5. The summed E-state index contributed by atoms with van der Waals surface area (Å²) in [6.45, 7) is 1.65. The first-order chi connectivity index (χ1) is 9.97. The van der Waals surface area contributed by atoms with Crippen molar-refractivity contribution in [3.05, 3.63) is 63.2 Å². The van der Waals surface area contributed by atoms with Crippen LogP contribution in [0.2, 0.25) is 0 Å². The van der Waals surface area contributed by atoms with Crippen molar-refractivity contribution in [1.29, 1.82) is 0 Å². The molecule has 0 saturated heterocycles. The number of carbonyl (C=O) groups is 2. The van der Waals surface area contributed by atoms with Gasteiger partial charge in [0.2, 0.25) is 0 Å². The minimum absolute atomic E-state index is 0.0366. The van der Waals surface area contributed by atoms with Crippen molar-refractivity contribution in [1.82, 2.24) is 0 Å². The summed E-state index contributed by atoms with van der Waals surface area (Å²) in [7, 11) is 0. The van der Waals surface area contributed by atoms with Gasteiger partial charge in [0.1, 0.15) is 0 Å². The molecule has 0 bridgehead atoms. The number of carbonyl (C=O) groups excluding carboxylic acids is 2. The van der Waals surface area contributed by atoms with Gasteiger partial charge in [-0.2, -0.15) is 0 Å². The van der Waals surface area contributed by atoms with Crippen LogP contribution in [-0.4, -0.2) is 16.9 Å². The number of ether oxygens (including phenoxy) is 1. The Hall–Kier alpha value is -3.02. The molecule has 0 aromatic heterocycles. The molecule has 6 heteroatoms. The molecule has 6 nitrogen and oxygen atoms in total. The summed E-state index contributed by atoms with van der Waals surface area (Å²) in [5.41, 5.74) is 2.44. The third-order valence-corrected chi connectivity index (χ3v) is 3.37. The minimum Gasteiger partial charge on any atom is -0.386 e. The first kappa shape index (κ1) is 13.0. The van der Waals surface area contributed by atoms with Gasteiger partial charge in [0.25, 0.3) is 5.69 Å². The molecule has 0 unspecified atom stereocenters. The van der Waals surface area contributed by atoms with Gasteiger partial charge in [0, 0.05) is 11.6 Å². The Labute approximate surface area is 119 Å². The van der Waals surface area contributed by atoms with E-state index in [-0.39, 0.29) is 16.8 Å². The van der Waals surface area contributed by atoms with E-state index in [0.29, 0.717) is 11.1 Å². The van der Waals surface area contributed by atoms with Crippen LogP contribution in [0.3, 0.4) is 0 Å². The van der Waals surface area contributed by atoms with E-state index in [2.05, 4.69) is 4.74 Å². The lowest BCUT2D eigenvalue weighted by molar-refractivity contribution is -0.385. The van der Waals surface area contributed by atoms with E-state index < -0.39 is 16.9 Å². The molecule has 0 fully saturated rings. The predicted molar refractivity (Wildman–Crippen MR) is 73.0 cm³/mol. The molecular weight excluding hydrogens is 274 g/mol. The molecule has 0 N–H and O–H groups in total. The van der Waals surface area contributed by atoms with E-state index in [1.807, 2.05) is 0 Å². The Bertz CT molecular complexity index is 810. The molecular formula is C15H9NO5. The fourth-order valence-corrected chi connectivity index (χ4v) is 2.30. The van der Waals surface area contributed by atoms with Crippen LogP contribution in [0.4, 0.5) is 5.69 Å². The molecule has 2 aromatic rings. The summed E-state index contributed by atoms with van der Waals surface area (Å²) in [4.78, 5) is 33.3. The third-order valence-electron chi connectivity index (χ3n) is 3.37. The smallest absolute Gasteiger partial charge is 0.346 e. The Morgan fingerprint density at radius 1 is 0.952 bits per heavy atom. The van der Waals surface area contributed by atoms with E-state index in [1.54, 1.807) is 31.2 Å². The Kier molecular flexibility index (Phi) is 2.79. The Morgan fingerprint density at radius 3 is 2.24 bits per heavy atom. The lowest BCUT2D eigenvalue weighted by Gasteiger charge is -2.04. The molecule has 104 valence electrons. The number of benzene rings is 2. The van der Waals surface area contributed by atoms with Crippen molar-refractivity contribution < 1.29 is 19.2 Å². The Morgan fingerprint density at radius 2 is 1.57 bits per heavy atom. The van der Waals surface area contributed by atoms with Gasteiger partial charge >= 0.3 is 11.9 Å². The van der Waals surface area contributed by atoms with Crippen LogP contribution in [0.15, 0.2) is 36.4 Å². The summed E-state index contributed by atoms with van der Waals surface area (Å²) < 4.78 is 4.53. The van der Waals surface area contributed by atoms with E-state index in [4.69, 9.17) is 0 Å². The van der Waals surface area contributed by atoms with Gasteiger partial charge in [-0.3, -0.25) is 10.1 Å². The molecule has 0 spiro atoms. The number of nitro benzene ring substituents is 1. The highest BCUT2D eigenvalue weighted by molar-refractivity contribution is 6.15. The van der Waals surface area contributed by atoms with Crippen LogP contribution in [0.5, 0.6) is 0 Å². The fourth-order valence-electron chi connectivity index (χ4n) is 2.30. The van der Waals surface area contributed by atoms with Crippen LogP contribution in [0.25, 0.3) is 11.1 Å². The number of fused-ring (bicyclic) bond motifs is 1. The van der Waals surface area contributed by atoms with E-state index in [1.165, 1.54) is 12.1 Å². The molecule has 0 saturated carbocycles. The van der Waals surface area contributed by atoms with E-state index in [0.717, 1.165) is 5.56 Å². The molecule has 1 heterocycles. The van der Waals surface area contributed by atoms with Gasteiger partial charge in [-0.15, -0.1) is 0 Å². The summed E-state index contributed by atoms with van der Waals surface area (Å²) >= 11 is 0. The molecule has 2 aromatic carbocycles. The van der Waals surface area contributed by atoms with Crippen molar-refractivity contribution in [3.63, 3.8) is 0 Å². The second-order valence-electron chi connectivity index (χ2n) is 4.70. The SMILES string of the molecule is Cc1cc(-c2ccc3c(c2)C(=O)OC3=O)ccc1[N+](=O)[O-]. The zero-order valence-electron chi connectivity index (χ0n) is 11.0. The maximum absolute atomic E-state index is 11.5. The maximum atomic E-state index is 11.5. The monoisotopic (exact) mass is 283 g/mol. The molecule has 0 amide bonds. The number of nitro groups is 1. The lowest BCUT2D eigenvalue weighted by Crippen LogP contribution is -1.96. The number of rotatable bonds is 2. The van der Waals surface area contributed by atoms with Crippen molar-refractivity contribution in [2.45, 2.75) is 6.92 Å². The maximum Gasteiger partial charge on any atom is 0.346 e. The highest BCUT2D eigenvalue weighted by atomic mass is 16.6. The quantitative estimate of drug-likeness (QED) is 0.366. The van der Waals surface area contributed by atoms with Crippen molar-refractivity contribution in [2.75, 3.05) is 0 Å². The van der Waals surface area contributed by atoms with Gasteiger partial charge in [0.05, 0.1) is 16.1 Å². The zero-order valence-corrected chi connectivity index (χ0v) is 11.0. The van der Waals surface area contributed by atoms with E-state index in [9.17, 15) is 19.7 Å². The average molecular weight is 283 g/mol. The molecule has 1 aliphatic heterocycles. The van der Waals surface area contributed by atoms with Gasteiger partial charge in [-0.1, -0.05) is 6.07 Å². The molecule has 3 rings (SSSR count). The standard InChI is InChI=1S/C15H9NO5/c1-8-6-9(3-5-13(8)16(19)20)10-2-4-11-12(7-10)15(18)21-14(11)17/h2-7H,1H3. The van der Waals surface area contributed by atoms with Gasteiger partial charge in [-0.25, -0.2) is 9.59 Å². The van der Waals surface area contributed by atoms with Crippen LogP contribution in [0.1, 0.15) is 26.3 Å². The number of cyclic esters (lactones) is 2. The predicted octanol–water partition coefficient (Wildman–Crippen LogP) is 2.88. The van der Waals surface area contributed by atoms with Crippen molar-refractivity contribution in [3.8, 4) is 11.1 Å². The topological polar surface area (TPSA) is 86.5 Å². The first-order valence-electron chi connectivity index (χ1n) is 6.13. The summed E-state index contributed by atoms with van der Waals surface area (Å²) in [5, 5.41) is 10.8. The van der Waals surface area contributed by atoms with Crippen LogP contribution < -0.4 is 0 Å². The second kappa shape index (κ2) is 4.52. The number of aryl methyl sites for hydroxylation is 1. The largest absolute Gasteiger partial charge is 0.386 e. The first-order valence-corrected chi connectivity index (χ1v) is 6.13. The van der Waals surface area contributed by atoms with Gasteiger partial charge in [0.15, 0.2) is 0 Å². The minimum atomic E-state index is -0.671.